The number of benzene rings is 1. The lowest BCUT2D eigenvalue weighted by Crippen LogP contribution is -2.39. The highest BCUT2D eigenvalue weighted by molar-refractivity contribution is 5.83. The van der Waals surface area contributed by atoms with E-state index in [0.717, 1.165) is 0 Å². The molecule has 1 saturated heterocycles. The number of nitrogens with one attached hydrogen (secondary N) is 2. The summed E-state index contributed by atoms with van der Waals surface area (Å²) in [5.41, 5.74) is 7.61. The van der Waals surface area contributed by atoms with Crippen molar-refractivity contribution in [3.63, 3.8) is 0 Å². The van der Waals surface area contributed by atoms with E-state index in [-0.39, 0.29) is 24.9 Å². The number of hydrogen-bond donors (Lipinski definition) is 3. The Morgan fingerprint density at radius 3 is 2.60 bits per heavy atom. The number of carbonyl (C=O) groups excluding carboxylic acids is 1. The third-order valence-corrected chi connectivity index (χ3v) is 8.40. The molecule has 262 valence electrons. The molecule has 0 radical (unpaired) electrons. The maximum absolute atomic E-state index is 13.0. The highest BCUT2D eigenvalue weighted by Gasteiger charge is 2.32. The second-order valence-corrected chi connectivity index (χ2v) is 11.4. The number of likely N-dealkylation sites (N-methyl/N-ethyl adjacent to an activating group) is 1. The predicted molar refractivity (Wildman–Crippen MR) is 185 cm³/mol. The van der Waals surface area contributed by atoms with E-state index in [0.29, 0.717) is 83.6 Å². The number of anilines is 2. The number of methoxy groups -OCH3 is 1. The minimum atomic E-state index is -0.533. The summed E-state index contributed by atoms with van der Waals surface area (Å²) >= 11 is 0. The molecule has 5 heterocycles. The lowest BCUT2D eigenvalue weighted by Gasteiger charge is -2.15. The predicted octanol–water partition coefficient (Wildman–Crippen LogP) is 1.37. The van der Waals surface area contributed by atoms with Crippen molar-refractivity contribution in [2.75, 3.05) is 37.9 Å². The van der Waals surface area contributed by atoms with Gasteiger partial charge in [-0.05, 0) is 57.7 Å². The van der Waals surface area contributed by atoms with E-state index in [1.165, 1.54) is 16.2 Å². The first-order valence-corrected chi connectivity index (χ1v) is 16.4. The lowest BCUT2D eigenvalue weighted by atomic mass is 10.2. The van der Waals surface area contributed by atoms with Crippen LogP contribution >= 0.6 is 0 Å². The van der Waals surface area contributed by atoms with Gasteiger partial charge in [0.2, 0.25) is 11.9 Å². The first-order valence-electron chi connectivity index (χ1n) is 16.4. The molecule has 1 aliphatic rings. The molecule has 0 unspecified atom stereocenters. The zero-order valence-corrected chi connectivity index (χ0v) is 28.5. The van der Waals surface area contributed by atoms with Gasteiger partial charge in [0.25, 0.3) is 5.56 Å². The number of fused-ring (bicyclic) bond motifs is 2. The van der Waals surface area contributed by atoms with Crippen molar-refractivity contribution in [3.05, 3.63) is 56.8 Å². The SMILES string of the molecule is CCNC(=O)[C@@H]1CC[C@H](n2cnc3c(N)nc(NCCOc4ccc(C#Cc5nc6c(c(=O)n(CC)c(=O)n6CC)n5C)cc4OC)nc32)O1. The maximum atomic E-state index is 13.0. The van der Waals surface area contributed by atoms with Crippen LogP contribution in [0.3, 0.4) is 0 Å². The number of aryl methyl sites for hydroxylation is 2. The Labute approximate surface area is 286 Å². The fraction of sp³-hybridized carbons (Fsp3) is 0.424. The van der Waals surface area contributed by atoms with Crippen LogP contribution in [0.15, 0.2) is 34.1 Å². The van der Waals surface area contributed by atoms with Crippen LogP contribution < -0.4 is 37.1 Å². The summed E-state index contributed by atoms with van der Waals surface area (Å²) in [6.07, 6.45) is 1.88. The number of nitrogens with two attached hydrogens (primary N) is 1. The van der Waals surface area contributed by atoms with E-state index in [2.05, 4.69) is 42.4 Å². The minimum absolute atomic E-state index is 0.136. The molecule has 6 rings (SSSR count). The van der Waals surface area contributed by atoms with Gasteiger partial charge in [-0.2, -0.15) is 9.97 Å². The van der Waals surface area contributed by atoms with E-state index in [4.69, 9.17) is 19.9 Å². The summed E-state index contributed by atoms with van der Waals surface area (Å²) in [5, 5.41) is 5.93. The van der Waals surface area contributed by atoms with Gasteiger partial charge in [-0.1, -0.05) is 5.92 Å². The molecule has 2 atom stereocenters. The quantitative estimate of drug-likeness (QED) is 0.133. The maximum Gasteiger partial charge on any atom is 0.332 e. The largest absolute Gasteiger partial charge is 0.493 e. The molecule has 0 aliphatic carbocycles. The van der Waals surface area contributed by atoms with Crippen LogP contribution in [0, 0.1) is 11.8 Å². The molecule has 1 fully saturated rings. The second-order valence-electron chi connectivity index (χ2n) is 11.4. The van der Waals surface area contributed by atoms with Gasteiger partial charge in [0.15, 0.2) is 40.0 Å². The van der Waals surface area contributed by atoms with Gasteiger partial charge in [0, 0.05) is 32.2 Å². The Balaban J connectivity index is 1.12. The first kappa shape index (κ1) is 34.0. The van der Waals surface area contributed by atoms with Gasteiger partial charge in [-0.3, -0.25) is 23.3 Å². The highest BCUT2D eigenvalue weighted by atomic mass is 16.5. The average molecular weight is 686 g/mol. The van der Waals surface area contributed by atoms with Crippen molar-refractivity contribution < 1.29 is 19.0 Å². The van der Waals surface area contributed by atoms with Crippen LogP contribution in [-0.4, -0.2) is 77.0 Å². The smallest absolute Gasteiger partial charge is 0.332 e. The first-order chi connectivity index (χ1) is 24.2. The number of nitrogens with zero attached hydrogens (tertiary/aromatic N) is 8. The van der Waals surface area contributed by atoms with Gasteiger partial charge in [-0.25, -0.2) is 14.8 Å². The van der Waals surface area contributed by atoms with Crippen molar-refractivity contribution in [2.45, 2.75) is 59.0 Å². The van der Waals surface area contributed by atoms with E-state index >= 15 is 0 Å². The summed E-state index contributed by atoms with van der Waals surface area (Å²) < 4.78 is 23.6. The molecule has 5 aromatic rings. The van der Waals surface area contributed by atoms with E-state index in [1.807, 2.05) is 13.8 Å². The zero-order chi connectivity index (χ0) is 35.5. The molecular formula is C33H39N11O6. The molecule has 4 aromatic heterocycles. The Hall–Kier alpha value is -5.89. The number of hydrogen-bond acceptors (Lipinski definition) is 12. The van der Waals surface area contributed by atoms with Crippen molar-refractivity contribution >= 4 is 40.0 Å². The molecule has 1 amide bonds. The Morgan fingerprint density at radius 2 is 1.86 bits per heavy atom. The third-order valence-electron chi connectivity index (χ3n) is 8.40. The fourth-order valence-corrected chi connectivity index (χ4v) is 5.89. The number of amides is 1. The van der Waals surface area contributed by atoms with Crippen LogP contribution in [0.4, 0.5) is 11.8 Å². The van der Waals surface area contributed by atoms with E-state index in [9.17, 15) is 14.4 Å². The Kier molecular flexibility index (Phi) is 9.72. The van der Waals surface area contributed by atoms with Gasteiger partial charge in [0.05, 0.1) is 20.0 Å². The van der Waals surface area contributed by atoms with Crippen molar-refractivity contribution in [1.29, 1.82) is 0 Å². The molecule has 50 heavy (non-hydrogen) atoms. The number of ether oxygens (including phenoxy) is 3. The van der Waals surface area contributed by atoms with E-state index in [1.54, 1.807) is 47.6 Å². The number of carbonyl (C=O) groups is 1. The highest BCUT2D eigenvalue weighted by Crippen LogP contribution is 2.32. The molecule has 0 spiro atoms. The molecule has 0 bridgehead atoms. The van der Waals surface area contributed by atoms with Crippen molar-refractivity contribution in [3.8, 4) is 23.3 Å². The Morgan fingerprint density at radius 1 is 1.06 bits per heavy atom. The molecule has 1 aromatic carbocycles. The van der Waals surface area contributed by atoms with Crippen LogP contribution in [0.1, 0.15) is 51.2 Å². The monoisotopic (exact) mass is 685 g/mol. The topological polar surface area (TPSA) is 200 Å². The van der Waals surface area contributed by atoms with E-state index < -0.39 is 23.6 Å². The molecule has 4 N–H and O–H groups in total. The second kappa shape index (κ2) is 14.3. The Bertz CT molecular complexity index is 2260. The van der Waals surface area contributed by atoms with Crippen LogP contribution in [-0.2, 0) is 29.7 Å². The van der Waals surface area contributed by atoms with Gasteiger partial charge in [0.1, 0.15) is 24.5 Å². The molecule has 17 nitrogen and oxygen atoms in total. The van der Waals surface area contributed by atoms with Crippen molar-refractivity contribution in [2.24, 2.45) is 7.05 Å². The number of aromatic nitrogens is 8. The summed E-state index contributed by atoms with van der Waals surface area (Å²) in [6.45, 7) is 7.20. The van der Waals surface area contributed by atoms with Crippen LogP contribution in [0.2, 0.25) is 0 Å². The summed E-state index contributed by atoms with van der Waals surface area (Å²) in [5.74, 6) is 7.78. The van der Waals surface area contributed by atoms with Gasteiger partial charge < -0.3 is 35.1 Å². The number of nitrogen functional groups attached to an aromatic ring is 1. The summed E-state index contributed by atoms with van der Waals surface area (Å²) in [4.78, 5) is 55.8. The zero-order valence-electron chi connectivity index (χ0n) is 28.5. The standard InChI is InChI=1S/C33H39N11O6/c1-6-35-30(45)21-12-14-24(50-21)44-18-37-25-27(34)39-32(40-28(25)44)36-15-16-49-20-11-9-19(17-22(20)48-5)10-13-23-38-29-26(41(23)4)31(46)43(8-3)33(47)42(29)7-2/h9,11,17-18,21,24H,6-8,12,14-16H2,1-5H3,(H,35,45)(H3,34,36,39,40)/t21-,24+/m0/s1. The summed E-state index contributed by atoms with van der Waals surface area (Å²) in [7, 11) is 3.24. The van der Waals surface area contributed by atoms with Gasteiger partial charge >= 0.3 is 5.69 Å². The average Bonchev–Trinajstić information content (AvgIpc) is 3.84. The third kappa shape index (κ3) is 6.32. The lowest BCUT2D eigenvalue weighted by molar-refractivity contribution is -0.133. The number of imidazole rings is 2. The normalized spacial score (nSPS) is 15.6. The number of rotatable bonds is 11. The minimum Gasteiger partial charge on any atom is -0.493 e. The van der Waals surface area contributed by atoms with Gasteiger partial charge in [-0.15, -0.1) is 0 Å². The van der Waals surface area contributed by atoms with Crippen LogP contribution in [0.25, 0.3) is 22.3 Å². The fourth-order valence-electron chi connectivity index (χ4n) is 5.89. The summed E-state index contributed by atoms with van der Waals surface area (Å²) in [6, 6.07) is 5.28. The molecular weight excluding hydrogens is 646 g/mol. The molecule has 1 aliphatic heterocycles. The van der Waals surface area contributed by atoms with Crippen molar-refractivity contribution in [1.82, 2.24) is 43.5 Å². The molecule has 0 saturated carbocycles. The van der Waals surface area contributed by atoms with Crippen LogP contribution in [0.5, 0.6) is 11.5 Å². The molecule has 17 heteroatoms.